The van der Waals surface area contributed by atoms with Gasteiger partial charge in [-0.3, -0.25) is 4.79 Å². The van der Waals surface area contributed by atoms with Gasteiger partial charge in [0.05, 0.1) is 11.7 Å². The molecular weight excluding hydrogens is 428 g/mol. The van der Waals surface area contributed by atoms with Crippen LogP contribution >= 0.6 is 0 Å². The van der Waals surface area contributed by atoms with E-state index in [1.165, 1.54) is 37.7 Å². The Morgan fingerprint density at radius 2 is 1.70 bits per heavy atom. The Morgan fingerprint density at radius 1 is 1.06 bits per heavy atom. The third-order valence-corrected chi connectivity index (χ3v) is 13.5. The first-order valence-corrected chi connectivity index (χ1v) is 16.6. The molecule has 3 atom stereocenters. The van der Waals surface area contributed by atoms with E-state index in [0.717, 1.165) is 51.4 Å². The first-order valence-electron chi connectivity index (χ1n) is 13.6. The lowest BCUT2D eigenvalue weighted by atomic mass is 9.75. The van der Waals surface area contributed by atoms with E-state index in [2.05, 4.69) is 46.9 Å². The highest BCUT2D eigenvalue weighted by molar-refractivity contribution is 6.74. The zero-order valence-corrected chi connectivity index (χ0v) is 23.4. The van der Waals surface area contributed by atoms with Crippen LogP contribution in [0.25, 0.3) is 0 Å². The average molecular weight is 481 g/mol. The molecule has 2 N–H and O–H groups in total. The number of hydrogen-bond acceptors (Lipinski definition) is 3. The Balaban J connectivity index is 1.99. The SMILES string of the molecule is CC(CCC1=CC[C@H](O)[C@@H]1CCCCCCC(=O)O)(O[Si](C)(C)C(C)(C)C)C1CCCCC1. The topological polar surface area (TPSA) is 66.8 Å². The highest BCUT2D eigenvalue weighted by atomic mass is 28.4. The van der Waals surface area contributed by atoms with Crippen LogP contribution in [0.3, 0.4) is 0 Å². The number of carbonyl (C=O) groups is 1. The van der Waals surface area contributed by atoms with Gasteiger partial charge in [-0.25, -0.2) is 0 Å². The van der Waals surface area contributed by atoms with Gasteiger partial charge in [0.25, 0.3) is 0 Å². The highest BCUT2D eigenvalue weighted by Gasteiger charge is 2.46. The minimum atomic E-state index is -1.88. The lowest BCUT2D eigenvalue weighted by molar-refractivity contribution is -0.137. The number of carboxylic acids is 1. The molecule has 2 aliphatic carbocycles. The van der Waals surface area contributed by atoms with E-state index in [0.29, 0.717) is 5.92 Å². The molecule has 1 unspecified atom stereocenters. The van der Waals surface area contributed by atoms with Crippen LogP contribution in [0, 0.1) is 11.8 Å². The van der Waals surface area contributed by atoms with E-state index in [9.17, 15) is 9.90 Å². The van der Waals surface area contributed by atoms with Crippen molar-refractivity contribution < 1.29 is 19.4 Å². The van der Waals surface area contributed by atoms with Crippen molar-refractivity contribution in [3.63, 3.8) is 0 Å². The van der Waals surface area contributed by atoms with Crippen LogP contribution in [-0.4, -0.2) is 36.2 Å². The maximum absolute atomic E-state index is 10.7. The molecule has 0 aromatic rings. The molecule has 1 fully saturated rings. The van der Waals surface area contributed by atoms with Crippen molar-refractivity contribution >= 4 is 14.3 Å². The fourth-order valence-corrected chi connectivity index (χ4v) is 7.42. The maximum atomic E-state index is 10.7. The molecule has 2 rings (SSSR count). The highest BCUT2D eigenvalue weighted by Crippen LogP contribution is 2.46. The quantitative estimate of drug-likeness (QED) is 0.160. The maximum Gasteiger partial charge on any atom is 0.303 e. The Hall–Kier alpha value is -0.653. The molecular formula is C28H52O4Si. The predicted octanol–water partition coefficient (Wildman–Crippen LogP) is 7.86. The molecule has 0 radical (unpaired) electrons. The summed E-state index contributed by atoms with van der Waals surface area (Å²) in [6, 6.07) is 0. The summed E-state index contributed by atoms with van der Waals surface area (Å²) in [5.41, 5.74) is 1.35. The van der Waals surface area contributed by atoms with Gasteiger partial charge in [-0.2, -0.15) is 0 Å². The van der Waals surface area contributed by atoms with E-state index in [4.69, 9.17) is 9.53 Å². The average Bonchev–Trinajstić information content (AvgIpc) is 3.08. The van der Waals surface area contributed by atoms with Gasteiger partial charge in [-0.05, 0) is 75.9 Å². The third-order valence-electron chi connectivity index (χ3n) is 8.89. The number of aliphatic hydroxyl groups is 1. The fourth-order valence-electron chi connectivity index (χ4n) is 5.67. The first kappa shape index (κ1) is 28.6. The molecule has 0 amide bonds. The lowest BCUT2D eigenvalue weighted by Crippen LogP contribution is -2.52. The summed E-state index contributed by atoms with van der Waals surface area (Å²) in [4.78, 5) is 10.7. The number of carboxylic acid groups (broad SMARTS) is 1. The Kier molecular flexibility index (Phi) is 10.7. The van der Waals surface area contributed by atoms with Gasteiger partial charge in [-0.15, -0.1) is 0 Å². The van der Waals surface area contributed by atoms with Crippen LogP contribution in [0.5, 0.6) is 0 Å². The van der Waals surface area contributed by atoms with Gasteiger partial charge >= 0.3 is 5.97 Å². The number of rotatable bonds is 13. The zero-order valence-electron chi connectivity index (χ0n) is 22.4. The van der Waals surface area contributed by atoms with Crippen LogP contribution in [-0.2, 0) is 9.22 Å². The summed E-state index contributed by atoms with van der Waals surface area (Å²) in [5.74, 6) is 0.209. The predicted molar refractivity (Wildman–Crippen MR) is 140 cm³/mol. The van der Waals surface area contributed by atoms with Gasteiger partial charge in [-0.1, -0.05) is 70.9 Å². The van der Waals surface area contributed by atoms with Crippen LogP contribution in [0.15, 0.2) is 11.6 Å². The summed E-state index contributed by atoms with van der Waals surface area (Å²) >= 11 is 0. The monoisotopic (exact) mass is 480 g/mol. The van der Waals surface area contributed by atoms with E-state index >= 15 is 0 Å². The van der Waals surface area contributed by atoms with E-state index < -0.39 is 14.3 Å². The molecule has 0 saturated heterocycles. The molecule has 33 heavy (non-hydrogen) atoms. The smallest absolute Gasteiger partial charge is 0.303 e. The van der Waals surface area contributed by atoms with Crippen molar-refractivity contribution in [2.45, 2.75) is 147 Å². The first-order chi connectivity index (χ1) is 15.4. The molecule has 192 valence electrons. The number of aliphatic carboxylic acids is 1. The largest absolute Gasteiger partial charge is 0.481 e. The van der Waals surface area contributed by atoms with Crippen molar-refractivity contribution in [1.29, 1.82) is 0 Å². The normalized spacial score (nSPS) is 24.5. The minimum absolute atomic E-state index is 0.0841. The van der Waals surface area contributed by atoms with Crippen molar-refractivity contribution in [3.05, 3.63) is 11.6 Å². The minimum Gasteiger partial charge on any atom is -0.481 e. The van der Waals surface area contributed by atoms with Gasteiger partial charge in [0, 0.05) is 12.3 Å². The summed E-state index contributed by atoms with van der Waals surface area (Å²) in [5, 5.41) is 19.7. The van der Waals surface area contributed by atoms with Gasteiger partial charge in [0.1, 0.15) is 0 Å². The van der Waals surface area contributed by atoms with E-state index in [1.54, 1.807) is 0 Å². The molecule has 1 saturated carbocycles. The van der Waals surface area contributed by atoms with Crippen LogP contribution < -0.4 is 0 Å². The second-order valence-electron chi connectivity index (χ2n) is 12.5. The summed E-state index contributed by atoms with van der Waals surface area (Å²) in [7, 11) is -1.88. The van der Waals surface area contributed by atoms with Crippen molar-refractivity contribution in [3.8, 4) is 0 Å². The molecule has 2 aliphatic rings. The van der Waals surface area contributed by atoms with Crippen molar-refractivity contribution in [2.75, 3.05) is 0 Å². The molecule has 0 spiro atoms. The second kappa shape index (κ2) is 12.4. The number of aliphatic hydroxyl groups excluding tert-OH is 1. The number of unbranched alkanes of at least 4 members (excludes halogenated alkanes) is 3. The molecule has 0 aliphatic heterocycles. The Bertz CT molecular complexity index is 645. The van der Waals surface area contributed by atoms with E-state index in [-0.39, 0.29) is 29.1 Å². The molecule has 0 bridgehead atoms. The summed E-state index contributed by atoms with van der Waals surface area (Å²) in [6.07, 6.45) is 16.6. The van der Waals surface area contributed by atoms with Gasteiger partial charge < -0.3 is 14.6 Å². The summed E-state index contributed by atoms with van der Waals surface area (Å²) in [6.45, 7) is 14.2. The van der Waals surface area contributed by atoms with Gasteiger partial charge in [0.15, 0.2) is 8.32 Å². The van der Waals surface area contributed by atoms with Crippen LogP contribution in [0.1, 0.15) is 118 Å². The molecule has 0 heterocycles. The zero-order chi connectivity index (χ0) is 24.7. The molecule has 0 aromatic heterocycles. The molecule has 0 aromatic carbocycles. The third kappa shape index (κ3) is 8.50. The standard InChI is InChI=1S/C28H52O4Si/c1-27(2,3)33(5,6)32-28(4,23-14-10-9-11-15-23)21-20-22-18-19-25(29)24(22)16-12-7-8-13-17-26(30)31/h18,23-25,29H,7-17,19-21H2,1-6H3,(H,30,31)/t24-,25+,28?/m1/s1. The summed E-state index contributed by atoms with van der Waals surface area (Å²) < 4.78 is 7.20. The lowest BCUT2D eigenvalue weighted by Gasteiger charge is -2.49. The molecule has 5 heteroatoms. The second-order valence-corrected chi connectivity index (χ2v) is 17.3. The van der Waals surface area contributed by atoms with Crippen LogP contribution in [0.2, 0.25) is 18.1 Å². The fraction of sp³-hybridized carbons (Fsp3) is 0.893. The van der Waals surface area contributed by atoms with Gasteiger partial charge in [0.2, 0.25) is 0 Å². The van der Waals surface area contributed by atoms with Crippen LogP contribution in [0.4, 0.5) is 0 Å². The van der Waals surface area contributed by atoms with Crippen molar-refractivity contribution in [1.82, 2.24) is 0 Å². The van der Waals surface area contributed by atoms with E-state index in [1.807, 2.05) is 0 Å². The Morgan fingerprint density at radius 3 is 2.30 bits per heavy atom. The van der Waals surface area contributed by atoms with Crippen molar-refractivity contribution in [2.24, 2.45) is 11.8 Å². The number of hydrogen-bond donors (Lipinski definition) is 2. The molecule has 4 nitrogen and oxygen atoms in total. The Labute approximate surface area is 204 Å².